The highest BCUT2D eigenvalue weighted by Gasteiger charge is 2.42. The van der Waals surface area contributed by atoms with Crippen molar-refractivity contribution < 1.29 is 14.4 Å². The van der Waals surface area contributed by atoms with E-state index in [9.17, 15) is 14.4 Å². The van der Waals surface area contributed by atoms with Crippen molar-refractivity contribution >= 4 is 23.5 Å². The minimum absolute atomic E-state index is 0.0219. The first-order valence-corrected chi connectivity index (χ1v) is 6.41. The van der Waals surface area contributed by atoms with E-state index in [-0.39, 0.29) is 18.9 Å². The maximum Gasteiger partial charge on any atom is 0.331 e. The van der Waals surface area contributed by atoms with Gasteiger partial charge >= 0.3 is 6.03 Å². The summed E-state index contributed by atoms with van der Waals surface area (Å²) in [5, 5.41) is 0. The number of nitrogens with two attached hydrogens (primary N) is 1. The van der Waals surface area contributed by atoms with Crippen LogP contribution in [0.1, 0.15) is 18.9 Å². The van der Waals surface area contributed by atoms with Gasteiger partial charge in [0.2, 0.25) is 5.91 Å². The third kappa shape index (κ3) is 2.49. The van der Waals surface area contributed by atoms with Crippen molar-refractivity contribution in [3.63, 3.8) is 0 Å². The molecule has 1 unspecified atom stereocenters. The zero-order chi connectivity index (χ0) is 14.9. The summed E-state index contributed by atoms with van der Waals surface area (Å²) in [6.45, 7) is 3.65. The summed E-state index contributed by atoms with van der Waals surface area (Å²) < 4.78 is 0. The monoisotopic (exact) mass is 275 g/mol. The molecule has 2 rings (SSSR count). The van der Waals surface area contributed by atoms with Crippen LogP contribution in [0.5, 0.6) is 0 Å². The van der Waals surface area contributed by atoms with Crippen molar-refractivity contribution in [3.8, 4) is 0 Å². The molecule has 1 heterocycles. The number of carbonyl (C=O) groups is 3. The quantitative estimate of drug-likeness (QED) is 0.833. The first-order chi connectivity index (χ1) is 9.41. The highest BCUT2D eigenvalue weighted by atomic mass is 16.2. The van der Waals surface area contributed by atoms with E-state index in [0.717, 1.165) is 10.5 Å². The van der Waals surface area contributed by atoms with Crippen molar-refractivity contribution in [2.75, 3.05) is 11.4 Å². The Kier molecular flexibility index (Phi) is 3.74. The molecular formula is C14H17N3O3. The number of hydrogen-bond acceptors (Lipinski definition) is 3. The summed E-state index contributed by atoms with van der Waals surface area (Å²) in [6.07, 6.45) is -0.0219. The van der Waals surface area contributed by atoms with Crippen molar-refractivity contribution in [2.24, 2.45) is 5.73 Å². The Morgan fingerprint density at radius 3 is 2.40 bits per heavy atom. The second kappa shape index (κ2) is 5.32. The van der Waals surface area contributed by atoms with Gasteiger partial charge in [0.05, 0.1) is 0 Å². The largest absolute Gasteiger partial charge is 0.370 e. The van der Waals surface area contributed by atoms with E-state index in [1.165, 1.54) is 4.90 Å². The lowest BCUT2D eigenvalue weighted by Crippen LogP contribution is -2.35. The fourth-order valence-corrected chi connectivity index (χ4v) is 2.19. The Labute approximate surface area is 117 Å². The van der Waals surface area contributed by atoms with Crippen LogP contribution in [-0.2, 0) is 9.59 Å². The van der Waals surface area contributed by atoms with Crippen LogP contribution < -0.4 is 10.6 Å². The van der Waals surface area contributed by atoms with Gasteiger partial charge in [-0.2, -0.15) is 0 Å². The summed E-state index contributed by atoms with van der Waals surface area (Å²) >= 11 is 0. The van der Waals surface area contributed by atoms with Gasteiger partial charge in [0.1, 0.15) is 6.04 Å². The topological polar surface area (TPSA) is 83.7 Å². The molecule has 6 nitrogen and oxygen atoms in total. The Hall–Kier alpha value is -2.37. The van der Waals surface area contributed by atoms with Crippen LogP contribution in [0.3, 0.4) is 0 Å². The Morgan fingerprint density at radius 1 is 1.25 bits per heavy atom. The molecule has 2 N–H and O–H groups in total. The predicted octanol–water partition coefficient (Wildman–Crippen LogP) is 1.03. The maximum atomic E-state index is 12.3. The lowest BCUT2D eigenvalue weighted by Gasteiger charge is -2.19. The van der Waals surface area contributed by atoms with Crippen LogP contribution in [0.15, 0.2) is 24.3 Å². The number of anilines is 1. The van der Waals surface area contributed by atoms with Gasteiger partial charge in [-0.3, -0.25) is 19.4 Å². The average molecular weight is 275 g/mol. The summed E-state index contributed by atoms with van der Waals surface area (Å²) in [5.41, 5.74) is 6.80. The number of benzene rings is 1. The highest BCUT2D eigenvalue weighted by molar-refractivity contribution is 6.14. The number of aryl methyl sites for hydroxylation is 1. The van der Waals surface area contributed by atoms with Crippen LogP contribution >= 0.6 is 0 Å². The Morgan fingerprint density at radius 2 is 1.85 bits per heavy atom. The molecule has 0 bridgehead atoms. The van der Waals surface area contributed by atoms with E-state index in [1.54, 1.807) is 19.1 Å². The highest BCUT2D eigenvalue weighted by Crippen LogP contribution is 2.26. The molecule has 0 spiro atoms. The van der Waals surface area contributed by atoms with Gasteiger partial charge in [-0.1, -0.05) is 17.7 Å². The van der Waals surface area contributed by atoms with Crippen LogP contribution in [0, 0.1) is 6.92 Å². The molecule has 0 saturated carbocycles. The standard InChI is InChI=1S/C14H17N3O3/c1-9-3-5-11(6-4-9)17-10(2)13(19)16(14(17)20)8-7-12(15)18/h3-6,10H,7-8H2,1-2H3,(H2,15,18). The second-order valence-electron chi connectivity index (χ2n) is 4.87. The molecule has 1 aromatic rings. The maximum absolute atomic E-state index is 12.3. The first-order valence-electron chi connectivity index (χ1n) is 6.41. The lowest BCUT2D eigenvalue weighted by atomic mass is 10.2. The van der Waals surface area contributed by atoms with Gasteiger partial charge in [-0.25, -0.2) is 4.79 Å². The van der Waals surface area contributed by atoms with Gasteiger partial charge in [0.15, 0.2) is 0 Å². The molecule has 1 aliphatic rings. The SMILES string of the molecule is Cc1ccc(N2C(=O)N(CCC(N)=O)C(=O)C2C)cc1. The molecule has 0 aromatic heterocycles. The summed E-state index contributed by atoms with van der Waals surface area (Å²) in [6, 6.07) is 6.38. The molecule has 1 aromatic carbocycles. The van der Waals surface area contributed by atoms with Gasteiger partial charge < -0.3 is 5.73 Å². The number of urea groups is 1. The normalized spacial score (nSPS) is 18.8. The van der Waals surface area contributed by atoms with Crippen LogP contribution in [0.25, 0.3) is 0 Å². The average Bonchev–Trinajstić information content (AvgIpc) is 2.60. The third-order valence-electron chi connectivity index (χ3n) is 3.34. The zero-order valence-corrected chi connectivity index (χ0v) is 11.5. The van der Waals surface area contributed by atoms with Gasteiger partial charge in [-0.05, 0) is 26.0 Å². The lowest BCUT2D eigenvalue weighted by molar-refractivity contribution is -0.127. The molecule has 0 aliphatic carbocycles. The number of amides is 4. The number of imide groups is 1. The molecule has 1 fully saturated rings. The molecule has 106 valence electrons. The fraction of sp³-hybridized carbons (Fsp3) is 0.357. The van der Waals surface area contributed by atoms with E-state index in [0.29, 0.717) is 5.69 Å². The van der Waals surface area contributed by atoms with Crippen LogP contribution in [-0.4, -0.2) is 35.3 Å². The Bertz CT molecular complexity index is 553. The number of hydrogen-bond donors (Lipinski definition) is 1. The molecule has 4 amide bonds. The fourth-order valence-electron chi connectivity index (χ4n) is 2.19. The summed E-state index contributed by atoms with van der Waals surface area (Å²) in [7, 11) is 0. The molecule has 6 heteroatoms. The van der Waals surface area contributed by atoms with Crippen molar-refractivity contribution in [1.82, 2.24) is 4.90 Å². The van der Waals surface area contributed by atoms with Gasteiger partial charge in [0, 0.05) is 18.7 Å². The molecule has 20 heavy (non-hydrogen) atoms. The van der Waals surface area contributed by atoms with E-state index in [4.69, 9.17) is 5.73 Å². The molecule has 1 atom stereocenters. The Balaban J connectivity index is 2.23. The van der Waals surface area contributed by atoms with Crippen LogP contribution in [0.2, 0.25) is 0 Å². The number of primary amides is 1. The van der Waals surface area contributed by atoms with E-state index >= 15 is 0 Å². The van der Waals surface area contributed by atoms with Crippen LogP contribution in [0.4, 0.5) is 10.5 Å². The van der Waals surface area contributed by atoms with E-state index < -0.39 is 18.0 Å². The smallest absolute Gasteiger partial charge is 0.331 e. The molecular weight excluding hydrogens is 258 g/mol. The second-order valence-corrected chi connectivity index (χ2v) is 4.87. The minimum atomic E-state index is -0.571. The minimum Gasteiger partial charge on any atom is -0.370 e. The van der Waals surface area contributed by atoms with Crippen molar-refractivity contribution in [2.45, 2.75) is 26.3 Å². The van der Waals surface area contributed by atoms with Gasteiger partial charge in [-0.15, -0.1) is 0 Å². The van der Waals surface area contributed by atoms with E-state index in [2.05, 4.69) is 0 Å². The van der Waals surface area contributed by atoms with Gasteiger partial charge in [0.25, 0.3) is 5.91 Å². The summed E-state index contributed by atoms with van der Waals surface area (Å²) in [5.74, 6) is -0.844. The zero-order valence-electron chi connectivity index (χ0n) is 11.5. The third-order valence-corrected chi connectivity index (χ3v) is 3.34. The summed E-state index contributed by atoms with van der Waals surface area (Å²) in [4.78, 5) is 37.7. The molecule has 0 radical (unpaired) electrons. The van der Waals surface area contributed by atoms with Crippen molar-refractivity contribution in [1.29, 1.82) is 0 Å². The predicted molar refractivity (Wildman–Crippen MR) is 74.0 cm³/mol. The number of nitrogens with zero attached hydrogens (tertiary/aromatic N) is 2. The van der Waals surface area contributed by atoms with E-state index in [1.807, 2.05) is 19.1 Å². The van der Waals surface area contributed by atoms with Crippen molar-refractivity contribution in [3.05, 3.63) is 29.8 Å². The molecule has 1 saturated heterocycles. The number of carbonyl (C=O) groups excluding carboxylic acids is 3. The first kappa shape index (κ1) is 14.0. The molecule has 1 aliphatic heterocycles. The number of rotatable bonds is 4.